The van der Waals surface area contributed by atoms with Crippen molar-refractivity contribution in [2.24, 2.45) is 0 Å². The van der Waals surface area contributed by atoms with E-state index in [2.05, 4.69) is 25.2 Å². The maximum absolute atomic E-state index is 12.9. The number of hydrogen-bond acceptors (Lipinski definition) is 6. The third kappa shape index (κ3) is 4.51. The van der Waals surface area contributed by atoms with Gasteiger partial charge in [-0.2, -0.15) is 13.2 Å². The largest absolute Gasteiger partial charge is 0.433 e. The lowest BCUT2D eigenvalue weighted by atomic mass is 10.0. The van der Waals surface area contributed by atoms with Gasteiger partial charge in [-0.15, -0.1) is 0 Å². The van der Waals surface area contributed by atoms with Crippen LogP contribution in [0.2, 0.25) is 5.02 Å². The van der Waals surface area contributed by atoms with Crippen molar-refractivity contribution < 1.29 is 13.2 Å². The molecule has 0 atom stereocenters. The van der Waals surface area contributed by atoms with Crippen molar-refractivity contribution in [3.05, 3.63) is 69.9 Å². The third-order valence-electron chi connectivity index (χ3n) is 5.26. The van der Waals surface area contributed by atoms with Crippen LogP contribution in [0.15, 0.2) is 36.7 Å². The number of aromatic nitrogens is 3. The van der Waals surface area contributed by atoms with Gasteiger partial charge in [0.2, 0.25) is 0 Å². The lowest BCUT2D eigenvalue weighted by molar-refractivity contribution is -0.141. The minimum absolute atomic E-state index is 0.295. The van der Waals surface area contributed by atoms with E-state index in [9.17, 15) is 13.2 Å². The summed E-state index contributed by atoms with van der Waals surface area (Å²) >= 11 is 6.01. The highest BCUT2D eigenvalue weighted by Gasteiger charge is 2.32. The molecule has 1 aromatic carbocycles. The molecular formula is C21H20ClF3N6. The van der Waals surface area contributed by atoms with E-state index < -0.39 is 11.9 Å². The molecule has 162 valence electrons. The van der Waals surface area contributed by atoms with E-state index in [1.165, 1.54) is 12.4 Å². The number of nitrogens with one attached hydrogen (secondary N) is 1. The fourth-order valence-electron chi connectivity index (χ4n) is 3.63. The highest BCUT2D eigenvalue weighted by atomic mass is 35.5. The molecule has 3 aromatic rings. The molecule has 10 heteroatoms. The highest BCUT2D eigenvalue weighted by Crippen LogP contribution is 2.32. The van der Waals surface area contributed by atoms with Crippen LogP contribution in [0.5, 0.6) is 0 Å². The summed E-state index contributed by atoms with van der Waals surface area (Å²) in [6, 6.07) is 7.82. The van der Waals surface area contributed by atoms with E-state index in [1.807, 2.05) is 6.07 Å². The minimum atomic E-state index is -4.46. The van der Waals surface area contributed by atoms with Crippen molar-refractivity contribution >= 4 is 28.8 Å². The molecule has 1 aliphatic heterocycles. The lowest BCUT2D eigenvalue weighted by Gasteiger charge is -2.32. The van der Waals surface area contributed by atoms with Crippen molar-refractivity contribution in [3.8, 4) is 0 Å². The summed E-state index contributed by atoms with van der Waals surface area (Å²) in [6.45, 7) is 3.15. The fraction of sp³-hybridized carbons (Fsp3) is 0.286. The molecule has 0 saturated heterocycles. The van der Waals surface area contributed by atoms with Crippen molar-refractivity contribution in [1.29, 1.82) is 0 Å². The smallest absolute Gasteiger partial charge is 0.397 e. The van der Waals surface area contributed by atoms with Crippen LogP contribution < -0.4 is 16.0 Å². The summed E-state index contributed by atoms with van der Waals surface area (Å²) in [6.07, 6.45) is -2.25. The number of nitrogens with zero attached hydrogens (tertiary/aromatic N) is 4. The van der Waals surface area contributed by atoms with Crippen LogP contribution in [0.25, 0.3) is 0 Å². The molecular weight excluding hydrogens is 429 g/mol. The van der Waals surface area contributed by atoms with E-state index in [4.69, 9.17) is 17.3 Å². The molecule has 0 bridgehead atoms. The number of aryl methyl sites for hydroxylation is 1. The quantitative estimate of drug-likeness (QED) is 0.567. The number of fused-ring (bicyclic) bond motifs is 1. The monoisotopic (exact) mass is 448 g/mol. The zero-order chi connectivity index (χ0) is 22.2. The molecule has 0 fully saturated rings. The van der Waals surface area contributed by atoms with Crippen molar-refractivity contribution in [3.63, 3.8) is 0 Å². The number of alkyl halides is 3. The maximum Gasteiger partial charge on any atom is 0.433 e. The van der Waals surface area contributed by atoms with Gasteiger partial charge in [-0.3, -0.25) is 0 Å². The molecule has 1 aliphatic rings. The molecule has 2 aromatic heterocycles. The molecule has 4 rings (SSSR count). The maximum atomic E-state index is 12.9. The Labute approximate surface area is 182 Å². The number of rotatable bonds is 4. The van der Waals surface area contributed by atoms with Crippen molar-refractivity contribution in [1.82, 2.24) is 15.0 Å². The molecule has 0 unspecified atom stereocenters. The molecule has 31 heavy (non-hydrogen) atoms. The average Bonchev–Trinajstić information content (AvgIpc) is 2.72. The fourth-order valence-corrected chi connectivity index (χ4v) is 3.81. The number of nitrogen functional groups attached to an aromatic ring is 1. The van der Waals surface area contributed by atoms with Crippen LogP contribution in [-0.2, 0) is 25.7 Å². The molecule has 0 amide bonds. The van der Waals surface area contributed by atoms with Crippen LogP contribution >= 0.6 is 11.6 Å². The molecule has 0 saturated carbocycles. The van der Waals surface area contributed by atoms with E-state index in [-0.39, 0.29) is 0 Å². The second-order valence-electron chi connectivity index (χ2n) is 7.31. The van der Waals surface area contributed by atoms with E-state index in [0.29, 0.717) is 40.9 Å². The zero-order valence-electron chi connectivity index (χ0n) is 16.7. The predicted octanol–water partition coefficient (Wildman–Crippen LogP) is 4.61. The molecule has 3 N–H and O–H groups in total. The second-order valence-corrected chi connectivity index (χ2v) is 7.75. The van der Waals surface area contributed by atoms with Gasteiger partial charge in [0.1, 0.15) is 17.8 Å². The van der Waals surface area contributed by atoms with Crippen LogP contribution in [0.3, 0.4) is 0 Å². The second kappa shape index (κ2) is 8.22. The molecule has 0 aliphatic carbocycles. The van der Waals surface area contributed by atoms with Gasteiger partial charge in [-0.1, -0.05) is 17.7 Å². The van der Waals surface area contributed by atoms with Crippen LogP contribution in [-0.4, -0.2) is 21.5 Å². The van der Waals surface area contributed by atoms with Gasteiger partial charge in [-0.25, -0.2) is 15.0 Å². The normalized spacial score (nSPS) is 13.8. The number of pyridine rings is 1. The van der Waals surface area contributed by atoms with Crippen molar-refractivity contribution in [2.75, 3.05) is 22.5 Å². The number of halogens is 4. The van der Waals surface area contributed by atoms with Crippen LogP contribution in [0, 0.1) is 6.92 Å². The van der Waals surface area contributed by atoms with Crippen LogP contribution in [0.4, 0.5) is 30.4 Å². The van der Waals surface area contributed by atoms with Gasteiger partial charge < -0.3 is 16.0 Å². The summed E-state index contributed by atoms with van der Waals surface area (Å²) in [5.74, 6) is 0.640. The minimum Gasteiger partial charge on any atom is -0.397 e. The summed E-state index contributed by atoms with van der Waals surface area (Å²) in [4.78, 5) is 14.6. The Bertz CT molecular complexity index is 1120. The van der Waals surface area contributed by atoms with Gasteiger partial charge in [0, 0.05) is 42.3 Å². The van der Waals surface area contributed by atoms with Crippen molar-refractivity contribution in [2.45, 2.75) is 32.6 Å². The lowest BCUT2D eigenvalue weighted by Crippen LogP contribution is -2.32. The van der Waals surface area contributed by atoms with Gasteiger partial charge in [0.15, 0.2) is 0 Å². The zero-order valence-corrected chi connectivity index (χ0v) is 17.4. The van der Waals surface area contributed by atoms with Gasteiger partial charge in [0.25, 0.3) is 0 Å². The summed E-state index contributed by atoms with van der Waals surface area (Å²) in [7, 11) is 0. The third-order valence-corrected chi connectivity index (χ3v) is 5.50. The number of nitrogens with two attached hydrogens (primary N) is 1. The summed E-state index contributed by atoms with van der Waals surface area (Å²) in [5.41, 5.74) is 9.57. The Balaban J connectivity index is 1.54. The van der Waals surface area contributed by atoms with E-state index >= 15 is 0 Å². The first-order valence-electron chi connectivity index (χ1n) is 9.62. The Kier molecular flexibility index (Phi) is 5.62. The molecule has 3 heterocycles. The topological polar surface area (TPSA) is 80.0 Å². The Hall–Kier alpha value is -3.07. The first-order chi connectivity index (χ1) is 14.7. The van der Waals surface area contributed by atoms with Crippen LogP contribution in [0.1, 0.15) is 28.2 Å². The van der Waals surface area contributed by atoms with E-state index in [0.717, 1.165) is 36.0 Å². The Morgan fingerprint density at radius 2 is 2.00 bits per heavy atom. The molecule has 6 nitrogen and oxygen atoms in total. The van der Waals surface area contributed by atoms with Gasteiger partial charge in [0.05, 0.1) is 17.1 Å². The SMILES string of the molecule is Cc1nc(C(F)(F)F)ccc1CNc1ncnc2c1CN(c1ccc(Cl)cc1N)CC2. The first kappa shape index (κ1) is 21.2. The van der Waals surface area contributed by atoms with Gasteiger partial charge in [-0.05, 0) is 36.8 Å². The van der Waals surface area contributed by atoms with Gasteiger partial charge >= 0.3 is 6.18 Å². The summed E-state index contributed by atoms with van der Waals surface area (Å²) in [5, 5.41) is 3.81. The molecule has 0 spiro atoms. The highest BCUT2D eigenvalue weighted by molar-refractivity contribution is 6.31. The number of hydrogen-bond donors (Lipinski definition) is 2. The van der Waals surface area contributed by atoms with E-state index in [1.54, 1.807) is 19.1 Å². The Morgan fingerprint density at radius 1 is 1.19 bits per heavy atom. The number of benzene rings is 1. The molecule has 0 radical (unpaired) electrons. The summed E-state index contributed by atoms with van der Waals surface area (Å²) < 4.78 is 38.6. The number of anilines is 3. The standard InChI is InChI=1S/C21H20ClF3N6/c1-12-13(2-5-19(30-12)21(23,24)25)9-27-20-15-10-31(7-6-17(15)28-11-29-20)18-4-3-14(22)8-16(18)26/h2-5,8,11H,6-7,9-10,26H2,1H3,(H,27,28,29). The predicted molar refractivity (Wildman–Crippen MR) is 114 cm³/mol. The Morgan fingerprint density at radius 3 is 2.71 bits per heavy atom. The average molecular weight is 449 g/mol. The first-order valence-corrected chi connectivity index (χ1v) is 10.0.